The fourth-order valence-corrected chi connectivity index (χ4v) is 2.84. The number of methoxy groups -OCH3 is 1. The number of carboxylic acids is 1. The lowest BCUT2D eigenvalue weighted by molar-refractivity contribution is -0.146. The van der Waals surface area contributed by atoms with Crippen LogP contribution in [0.2, 0.25) is 0 Å². The van der Waals surface area contributed by atoms with Crippen molar-refractivity contribution in [3.8, 4) is 5.75 Å². The van der Waals surface area contributed by atoms with Crippen LogP contribution >= 0.6 is 0 Å². The van der Waals surface area contributed by atoms with E-state index in [9.17, 15) is 9.90 Å². The summed E-state index contributed by atoms with van der Waals surface area (Å²) in [5.41, 5.74) is 8.92. The lowest BCUT2D eigenvalue weighted by Crippen LogP contribution is -2.52. The molecule has 0 aromatic heterocycles. The maximum Gasteiger partial charge on any atom is 0.328 e. The van der Waals surface area contributed by atoms with Gasteiger partial charge in [-0.05, 0) is 48.1 Å². The summed E-state index contributed by atoms with van der Waals surface area (Å²) >= 11 is 0. The predicted octanol–water partition coefficient (Wildman–Crippen LogP) is 2.21. The lowest BCUT2D eigenvalue weighted by atomic mass is 9.76. The van der Waals surface area contributed by atoms with E-state index in [1.165, 1.54) is 0 Å². The Bertz CT molecular complexity index is 584. The maximum absolute atomic E-state index is 11.9. The van der Waals surface area contributed by atoms with Crippen molar-refractivity contribution in [1.29, 1.82) is 0 Å². The summed E-state index contributed by atoms with van der Waals surface area (Å²) in [6, 6.07) is 5.47. The molecule has 7 heteroatoms. The molecule has 1 aliphatic carbocycles. The number of nitrogens with one attached hydrogen (secondary N) is 1. The van der Waals surface area contributed by atoms with Gasteiger partial charge >= 0.3 is 5.97 Å². The van der Waals surface area contributed by atoms with Gasteiger partial charge in [0.15, 0.2) is 0 Å². The summed E-state index contributed by atoms with van der Waals surface area (Å²) in [6.45, 7) is 0.541. The number of aliphatic carboxylic acids is 1. The van der Waals surface area contributed by atoms with E-state index in [0.29, 0.717) is 13.0 Å². The highest BCUT2D eigenvalue weighted by atomic mass is 16.5. The largest absolute Gasteiger partial charge is 0.497 e. The highest BCUT2D eigenvalue weighted by Gasteiger charge is 2.43. The van der Waals surface area contributed by atoms with E-state index in [4.69, 9.17) is 10.3 Å². The van der Waals surface area contributed by atoms with Gasteiger partial charge in [-0.1, -0.05) is 11.2 Å². The number of nitrogens with zero attached hydrogens (tertiary/aromatic N) is 3. The number of aryl methyl sites for hydroxylation is 1. The number of hydrogen-bond donors (Lipinski definition) is 2. The molecule has 0 radical (unpaired) electrons. The first-order valence-electron chi connectivity index (χ1n) is 6.81. The van der Waals surface area contributed by atoms with Crippen LogP contribution in [0.25, 0.3) is 10.4 Å². The Morgan fingerprint density at radius 3 is 3.10 bits per heavy atom. The minimum Gasteiger partial charge on any atom is -0.497 e. The zero-order valence-corrected chi connectivity index (χ0v) is 11.9. The quantitative estimate of drug-likeness (QED) is 0.362. The highest BCUT2D eigenvalue weighted by molar-refractivity contribution is 5.82. The van der Waals surface area contributed by atoms with Gasteiger partial charge in [0.2, 0.25) is 0 Å². The van der Waals surface area contributed by atoms with E-state index >= 15 is 0 Å². The van der Waals surface area contributed by atoms with E-state index in [2.05, 4.69) is 15.3 Å². The molecule has 0 heterocycles. The maximum atomic E-state index is 11.9. The monoisotopic (exact) mass is 290 g/mol. The molecule has 1 aliphatic rings. The van der Waals surface area contributed by atoms with Crippen LogP contribution in [0.3, 0.4) is 0 Å². The summed E-state index contributed by atoms with van der Waals surface area (Å²) in [5, 5.41) is 16.2. The third-order valence-corrected chi connectivity index (χ3v) is 3.84. The van der Waals surface area contributed by atoms with Crippen molar-refractivity contribution in [2.75, 3.05) is 20.2 Å². The Labute approximate surface area is 122 Å². The SMILES string of the molecule is COc1ccc2c(c1)CCCC2(NCCN=[N+]=[N-])C(=O)O. The molecule has 21 heavy (non-hydrogen) atoms. The zero-order valence-electron chi connectivity index (χ0n) is 11.9. The number of azide groups is 1. The molecule has 1 aromatic carbocycles. The van der Waals surface area contributed by atoms with Gasteiger partial charge in [-0.3, -0.25) is 5.32 Å². The van der Waals surface area contributed by atoms with Crippen LogP contribution in [0.5, 0.6) is 5.75 Å². The van der Waals surface area contributed by atoms with Crippen molar-refractivity contribution in [2.45, 2.75) is 24.8 Å². The fraction of sp³-hybridized carbons (Fsp3) is 0.500. The topological polar surface area (TPSA) is 107 Å². The van der Waals surface area contributed by atoms with E-state index in [-0.39, 0.29) is 6.54 Å². The van der Waals surface area contributed by atoms with Gasteiger partial charge in [0.1, 0.15) is 11.3 Å². The Kier molecular flexibility index (Phi) is 4.67. The van der Waals surface area contributed by atoms with Crippen LogP contribution in [0, 0.1) is 0 Å². The smallest absolute Gasteiger partial charge is 0.328 e. The number of fused-ring (bicyclic) bond motifs is 1. The lowest BCUT2D eigenvalue weighted by Gasteiger charge is -2.36. The van der Waals surface area contributed by atoms with Crippen LogP contribution in [0.15, 0.2) is 23.3 Å². The molecule has 0 saturated heterocycles. The van der Waals surface area contributed by atoms with Crippen molar-refractivity contribution in [3.05, 3.63) is 39.8 Å². The van der Waals surface area contributed by atoms with Crippen molar-refractivity contribution in [2.24, 2.45) is 5.11 Å². The number of ether oxygens (including phenoxy) is 1. The third kappa shape index (κ3) is 2.94. The molecule has 2 rings (SSSR count). The Balaban J connectivity index is 2.34. The Morgan fingerprint density at radius 1 is 1.62 bits per heavy atom. The number of rotatable bonds is 6. The van der Waals surface area contributed by atoms with Gasteiger partial charge in [-0.25, -0.2) is 4.79 Å². The molecule has 0 bridgehead atoms. The second kappa shape index (κ2) is 6.47. The minimum atomic E-state index is -1.12. The van der Waals surface area contributed by atoms with Crippen LogP contribution in [-0.4, -0.2) is 31.3 Å². The average molecular weight is 290 g/mol. The number of carboxylic acid groups (broad SMARTS) is 1. The molecule has 0 saturated carbocycles. The highest BCUT2D eigenvalue weighted by Crippen LogP contribution is 2.37. The second-order valence-electron chi connectivity index (χ2n) is 4.97. The van der Waals surface area contributed by atoms with E-state index in [1.807, 2.05) is 12.1 Å². The summed E-state index contributed by atoms with van der Waals surface area (Å²) < 4.78 is 5.20. The number of benzene rings is 1. The molecule has 0 fully saturated rings. The third-order valence-electron chi connectivity index (χ3n) is 3.84. The summed E-state index contributed by atoms with van der Waals surface area (Å²) in [7, 11) is 1.59. The van der Waals surface area contributed by atoms with Crippen molar-refractivity contribution >= 4 is 5.97 Å². The van der Waals surface area contributed by atoms with Crippen molar-refractivity contribution in [3.63, 3.8) is 0 Å². The first kappa shape index (κ1) is 15.2. The molecule has 1 atom stereocenters. The summed E-state index contributed by atoms with van der Waals surface area (Å²) in [4.78, 5) is 14.5. The van der Waals surface area contributed by atoms with Crippen LogP contribution in [-0.2, 0) is 16.8 Å². The molecule has 7 nitrogen and oxygen atoms in total. The standard InChI is InChI=1S/C14H18N4O3/c1-21-11-4-5-12-10(9-11)3-2-6-14(12,13(19)20)16-7-8-17-18-15/h4-5,9,16H,2-3,6-8H2,1H3,(H,19,20). The molecular weight excluding hydrogens is 272 g/mol. The second-order valence-corrected chi connectivity index (χ2v) is 4.97. The molecular formula is C14H18N4O3. The van der Waals surface area contributed by atoms with Crippen LogP contribution in [0.1, 0.15) is 24.0 Å². The van der Waals surface area contributed by atoms with Crippen LogP contribution < -0.4 is 10.1 Å². The first-order valence-corrected chi connectivity index (χ1v) is 6.81. The molecule has 0 spiro atoms. The number of carbonyl (C=O) groups is 1. The molecule has 0 amide bonds. The van der Waals surface area contributed by atoms with E-state index in [0.717, 1.165) is 29.7 Å². The average Bonchev–Trinajstić information content (AvgIpc) is 2.50. The normalized spacial score (nSPS) is 20.2. The Hall–Kier alpha value is -2.24. The van der Waals surface area contributed by atoms with Gasteiger partial charge in [0.05, 0.1) is 7.11 Å². The first-order chi connectivity index (χ1) is 10.1. The Morgan fingerprint density at radius 2 is 2.43 bits per heavy atom. The van der Waals surface area contributed by atoms with Crippen molar-refractivity contribution in [1.82, 2.24) is 5.32 Å². The molecule has 2 N–H and O–H groups in total. The molecule has 112 valence electrons. The zero-order chi connectivity index (χ0) is 15.3. The molecule has 1 aromatic rings. The van der Waals surface area contributed by atoms with Crippen molar-refractivity contribution < 1.29 is 14.6 Å². The van der Waals surface area contributed by atoms with Gasteiger partial charge in [-0.15, -0.1) is 0 Å². The predicted molar refractivity (Wildman–Crippen MR) is 77.3 cm³/mol. The van der Waals surface area contributed by atoms with E-state index < -0.39 is 11.5 Å². The minimum absolute atomic E-state index is 0.219. The molecule has 1 unspecified atom stereocenters. The summed E-state index contributed by atoms with van der Waals surface area (Å²) in [6.07, 6.45) is 2.12. The molecule has 0 aliphatic heterocycles. The van der Waals surface area contributed by atoms with E-state index in [1.54, 1.807) is 13.2 Å². The number of hydrogen-bond acceptors (Lipinski definition) is 4. The van der Waals surface area contributed by atoms with Gasteiger partial charge in [0, 0.05) is 18.0 Å². The van der Waals surface area contributed by atoms with Gasteiger partial charge < -0.3 is 9.84 Å². The van der Waals surface area contributed by atoms with Gasteiger partial charge in [-0.2, -0.15) is 0 Å². The van der Waals surface area contributed by atoms with Crippen LogP contribution in [0.4, 0.5) is 0 Å². The fourth-order valence-electron chi connectivity index (χ4n) is 2.84. The summed E-state index contributed by atoms with van der Waals surface area (Å²) in [5.74, 6) is -0.182. The van der Waals surface area contributed by atoms with Gasteiger partial charge in [0.25, 0.3) is 0 Å².